The SMILES string of the molecule is CCCCN(CC)C(=O)c1ccc(Cl)c([N+](=O)[O-])c1. The third-order valence-electron chi connectivity index (χ3n) is 2.84. The van der Waals surface area contributed by atoms with E-state index in [0.717, 1.165) is 12.8 Å². The third-order valence-corrected chi connectivity index (χ3v) is 3.16. The molecule has 0 atom stereocenters. The summed E-state index contributed by atoms with van der Waals surface area (Å²) in [6.07, 6.45) is 1.90. The van der Waals surface area contributed by atoms with E-state index >= 15 is 0 Å². The Balaban J connectivity index is 2.98. The predicted molar refractivity (Wildman–Crippen MR) is 74.6 cm³/mol. The summed E-state index contributed by atoms with van der Waals surface area (Å²) in [6.45, 7) is 5.17. The van der Waals surface area contributed by atoms with Gasteiger partial charge in [-0.15, -0.1) is 0 Å². The first-order valence-electron chi connectivity index (χ1n) is 6.24. The van der Waals surface area contributed by atoms with Crippen molar-refractivity contribution in [2.75, 3.05) is 13.1 Å². The number of benzene rings is 1. The molecule has 0 radical (unpaired) electrons. The summed E-state index contributed by atoms with van der Waals surface area (Å²) in [7, 11) is 0. The van der Waals surface area contributed by atoms with E-state index in [1.54, 1.807) is 4.90 Å². The smallest absolute Gasteiger partial charge is 0.288 e. The van der Waals surface area contributed by atoms with Crippen molar-refractivity contribution in [2.24, 2.45) is 0 Å². The van der Waals surface area contributed by atoms with Crippen molar-refractivity contribution in [3.05, 3.63) is 38.9 Å². The first kappa shape index (κ1) is 15.4. The molecule has 0 saturated heterocycles. The molecule has 5 nitrogen and oxygen atoms in total. The van der Waals surface area contributed by atoms with Crippen molar-refractivity contribution < 1.29 is 9.72 Å². The van der Waals surface area contributed by atoms with Gasteiger partial charge < -0.3 is 4.90 Å². The molecule has 104 valence electrons. The Morgan fingerprint density at radius 2 is 2.11 bits per heavy atom. The minimum atomic E-state index is -0.582. The van der Waals surface area contributed by atoms with E-state index in [1.165, 1.54) is 18.2 Å². The van der Waals surface area contributed by atoms with E-state index in [-0.39, 0.29) is 16.6 Å². The van der Waals surface area contributed by atoms with Gasteiger partial charge in [0.2, 0.25) is 0 Å². The molecule has 0 aliphatic heterocycles. The molecule has 1 rings (SSSR count). The normalized spacial score (nSPS) is 10.3. The van der Waals surface area contributed by atoms with Crippen LogP contribution in [0.1, 0.15) is 37.0 Å². The largest absolute Gasteiger partial charge is 0.339 e. The number of carbonyl (C=O) groups is 1. The van der Waals surface area contributed by atoms with Crippen LogP contribution in [0.15, 0.2) is 18.2 Å². The molecule has 6 heteroatoms. The fourth-order valence-corrected chi connectivity index (χ4v) is 1.91. The maximum atomic E-state index is 12.2. The quantitative estimate of drug-likeness (QED) is 0.593. The first-order chi connectivity index (χ1) is 9.01. The van der Waals surface area contributed by atoms with E-state index in [1.807, 2.05) is 13.8 Å². The van der Waals surface area contributed by atoms with Gasteiger partial charge in [0, 0.05) is 24.7 Å². The molecule has 1 amide bonds. The summed E-state index contributed by atoms with van der Waals surface area (Å²) in [5.74, 6) is -0.198. The zero-order valence-electron chi connectivity index (χ0n) is 11.1. The van der Waals surface area contributed by atoms with E-state index in [4.69, 9.17) is 11.6 Å². The third kappa shape index (κ3) is 3.92. The van der Waals surface area contributed by atoms with E-state index in [9.17, 15) is 14.9 Å². The number of amides is 1. The number of nitro benzene ring substituents is 1. The van der Waals surface area contributed by atoms with Crippen molar-refractivity contribution in [1.29, 1.82) is 0 Å². The zero-order chi connectivity index (χ0) is 14.4. The zero-order valence-corrected chi connectivity index (χ0v) is 11.8. The van der Waals surface area contributed by atoms with E-state index < -0.39 is 4.92 Å². The second-order valence-corrected chi connectivity index (χ2v) is 4.57. The average molecular weight is 285 g/mol. The maximum Gasteiger partial charge on any atom is 0.288 e. The highest BCUT2D eigenvalue weighted by Gasteiger charge is 2.19. The average Bonchev–Trinajstić information content (AvgIpc) is 2.39. The van der Waals surface area contributed by atoms with Gasteiger partial charge >= 0.3 is 0 Å². The molecule has 1 aromatic carbocycles. The monoisotopic (exact) mass is 284 g/mol. The standard InChI is InChI=1S/C13H17ClN2O3/c1-3-5-8-15(4-2)13(17)10-6-7-11(14)12(9-10)16(18)19/h6-7,9H,3-5,8H2,1-2H3. The van der Waals surface area contributed by atoms with E-state index in [0.29, 0.717) is 18.7 Å². The van der Waals surface area contributed by atoms with Gasteiger partial charge in [0.1, 0.15) is 5.02 Å². The van der Waals surface area contributed by atoms with Gasteiger partial charge in [-0.05, 0) is 25.5 Å². The second kappa shape index (κ2) is 7.09. The van der Waals surface area contributed by atoms with Crippen LogP contribution in [0.4, 0.5) is 5.69 Å². The van der Waals surface area contributed by atoms with Gasteiger partial charge in [-0.1, -0.05) is 24.9 Å². The fourth-order valence-electron chi connectivity index (χ4n) is 1.72. The van der Waals surface area contributed by atoms with Crippen LogP contribution in [-0.2, 0) is 0 Å². The van der Waals surface area contributed by atoms with Crippen LogP contribution in [0.5, 0.6) is 0 Å². The minimum Gasteiger partial charge on any atom is -0.339 e. The van der Waals surface area contributed by atoms with Crippen molar-refractivity contribution in [2.45, 2.75) is 26.7 Å². The number of rotatable bonds is 6. The first-order valence-corrected chi connectivity index (χ1v) is 6.62. The second-order valence-electron chi connectivity index (χ2n) is 4.16. The van der Waals surface area contributed by atoms with Crippen LogP contribution in [0.3, 0.4) is 0 Å². The molecule has 1 aromatic rings. The summed E-state index contributed by atoms with van der Waals surface area (Å²) in [5, 5.41) is 10.8. The van der Waals surface area contributed by atoms with Crippen molar-refractivity contribution >= 4 is 23.2 Å². The molecule has 0 aliphatic rings. The van der Waals surface area contributed by atoms with Gasteiger partial charge in [0.15, 0.2) is 0 Å². The molecule has 0 fully saturated rings. The van der Waals surface area contributed by atoms with Gasteiger partial charge in [0.25, 0.3) is 11.6 Å². The lowest BCUT2D eigenvalue weighted by atomic mass is 10.1. The summed E-state index contributed by atoms with van der Waals surface area (Å²) in [4.78, 5) is 24.1. The Labute approximate surface area is 117 Å². The summed E-state index contributed by atoms with van der Waals surface area (Å²) < 4.78 is 0. The van der Waals surface area contributed by atoms with Crippen LogP contribution >= 0.6 is 11.6 Å². The highest BCUT2D eigenvalue weighted by atomic mass is 35.5. The molecule has 0 aliphatic carbocycles. The number of hydrogen-bond donors (Lipinski definition) is 0. The Morgan fingerprint density at radius 1 is 1.42 bits per heavy atom. The Bertz CT molecular complexity index is 477. The molecular formula is C13H17ClN2O3. The molecule has 0 spiro atoms. The summed E-state index contributed by atoms with van der Waals surface area (Å²) >= 11 is 5.73. The fraction of sp³-hybridized carbons (Fsp3) is 0.462. The topological polar surface area (TPSA) is 63.5 Å². The maximum absolute atomic E-state index is 12.2. The predicted octanol–water partition coefficient (Wildman–Crippen LogP) is 3.51. The Hall–Kier alpha value is -1.62. The molecule has 0 unspecified atom stereocenters. The van der Waals surface area contributed by atoms with Gasteiger partial charge in [0.05, 0.1) is 4.92 Å². The van der Waals surface area contributed by atoms with Crippen LogP contribution in [0.25, 0.3) is 0 Å². The van der Waals surface area contributed by atoms with Gasteiger partial charge in [-0.3, -0.25) is 14.9 Å². The molecule has 0 aromatic heterocycles. The summed E-state index contributed by atoms with van der Waals surface area (Å²) in [5.41, 5.74) is 0.0631. The lowest BCUT2D eigenvalue weighted by Gasteiger charge is -2.20. The molecular weight excluding hydrogens is 268 g/mol. The lowest BCUT2D eigenvalue weighted by molar-refractivity contribution is -0.384. The molecule has 0 N–H and O–H groups in total. The number of carbonyl (C=O) groups excluding carboxylic acids is 1. The number of hydrogen-bond acceptors (Lipinski definition) is 3. The Kier molecular flexibility index (Phi) is 5.76. The van der Waals surface area contributed by atoms with Crippen LogP contribution in [0, 0.1) is 10.1 Å². The minimum absolute atomic E-state index is 0.0400. The highest BCUT2D eigenvalue weighted by Crippen LogP contribution is 2.25. The number of nitrogens with zero attached hydrogens (tertiary/aromatic N) is 2. The van der Waals surface area contributed by atoms with Crippen LogP contribution in [-0.4, -0.2) is 28.8 Å². The highest BCUT2D eigenvalue weighted by molar-refractivity contribution is 6.32. The lowest BCUT2D eigenvalue weighted by Crippen LogP contribution is -2.31. The van der Waals surface area contributed by atoms with Gasteiger partial charge in [-0.2, -0.15) is 0 Å². The number of nitro groups is 1. The van der Waals surface area contributed by atoms with Gasteiger partial charge in [-0.25, -0.2) is 0 Å². The molecule has 19 heavy (non-hydrogen) atoms. The van der Waals surface area contributed by atoms with Crippen LogP contribution in [0.2, 0.25) is 5.02 Å². The van der Waals surface area contributed by atoms with Crippen molar-refractivity contribution in [3.8, 4) is 0 Å². The Morgan fingerprint density at radius 3 is 2.63 bits per heavy atom. The van der Waals surface area contributed by atoms with Crippen molar-refractivity contribution in [3.63, 3.8) is 0 Å². The molecule has 0 heterocycles. The van der Waals surface area contributed by atoms with E-state index in [2.05, 4.69) is 0 Å². The molecule has 0 saturated carbocycles. The van der Waals surface area contributed by atoms with Crippen LogP contribution < -0.4 is 0 Å². The molecule has 0 bridgehead atoms. The van der Waals surface area contributed by atoms with Crippen molar-refractivity contribution in [1.82, 2.24) is 4.90 Å². The number of halogens is 1. The summed E-state index contributed by atoms with van der Waals surface area (Å²) in [6, 6.07) is 4.14. The number of unbranched alkanes of at least 4 members (excludes halogenated alkanes) is 1.